The Morgan fingerprint density at radius 2 is 1.65 bits per heavy atom. The first-order chi connectivity index (χ1) is 16.7. The first kappa shape index (κ1) is 21.5. The third-order valence-corrected chi connectivity index (χ3v) is 5.51. The number of hydrogen-bond donors (Lipinski definition) is 0. The van der Waals surface area contributed by atoms with Gasteiger partial charge in [0.2, 0.25) is 0 Å². The summed E-state index contributed by atoms with van der Waals surface area (Å²) in [5, 5.41) is 1.11. The zero-order chi connectivity index (χ0) is 23.3. The van der Waals surface area contributed by atoms with Gasteiger partial charge in [-0.05, 0) is 77.9 Å². The number of aliphatic imine (C=N–C) groups is 1. The van der Waals surface area contributed by atoms with Crippen LogP contribution in [-0.4, -0.2) is 17.9 Å². The van der Waals surface area contributed by atoms with E-state index in [0.29, 0.717) is 12.3 Å². The van der Waals surface area contributed by atoms with Crippen molar-refractivity contribution in [3.8, 4) is 17.2 Å². The molecule has 0 radical (unpaired) electrons. The molecule has 4 nitrogen and oxygen atoms in total. The highest BCUT2D eigenvalue weighted by Crippen LogP contribution is 2.27. The summed E-state index contributed by atoms with van der Waals surface area (Å²) in [6.07, 6.45) is 3.87. The maximum absolute atomic E-state index is 13.5. The summed E-state index contributed by atoms with van der Waals surface area (Å²) in [5.41, 5.74) is 3.87. The molecule has 0 unspecified atom stereocenters. The van der Waals surface area contributed by atoms with Crippen LogP contribution >= 0.6 is 0 Å². The van der Waals surface area contributed by atoms with E-state index >= 15 is 0 Å². The second kappa shape index (κ2) is 9.63. The lowest BCUT2D eigenvalue weighted by molar-refractivity contribution is 0.409. The van der Waals surface area contributed by atoms with Gasteiger partial charge in [-0.2, -0.15) is 0 Å². The van der Waals surface area contributed by atoms with Gasteiger partial charge in [-0.3, -0.25) is 4.99 Å². The van der Waals surface area contributed by atoms with Gasteiger partial charge in [0, 0.05) is 35.9 Å². The minimum absolute atomic E-state index is 0.215. The molecule has 0 saturated heterocycles. The van der Waals surface area contributed by atoms with Crippen LogP contribution in [0.5, 0.6) is 17.2 Å². The highest BCUT2D eigenvalue weighted by Gasteiger charge is 2.04. The van der Waals surface area contributed by atoms with E-state index in [-0.39, 0.29) is 5.82 Å². The van der Waals surface area contributed by atoms with Gasteiger partial charge in [-0.1, -0.05) is 24.3 Å². The molecule has 34 heavy (non-hydrogen) atoms. The monoisotopic (exact) mass is 450 g/mol. The minimum Gasteiger partial charge on any atom is -0.497 e. The number of methoxy groups -OCH3 is 1. The molecule has 1 heterocycles. The Balaban J connectivity index is 1.27. The minimum atomic E-state index is -0.215. The van der Waals surface area contributed by atoms with Crippen LogP contribution < -0.4 is 9.47 Å². The second-order valence-electron chi connectivity index (χ2n) is 7.92. The Morgan fingerprint density at radius 1 is 0.824 bits per heavy atom. The zero-order valence-corrected chi connectivity index (χ0v) is 18.7. The van der Waals surface area contributed by atoms with Crippen LogP contribution in [0.1, 0.15) is 11.1 Å². The molecule has 0 N–H and O–H groups in total. The first-order valence-electron chi connectivity index (χ1n) is 11.0. The summed E-state index contributed by atoms with van der Waals surface area (Å²) in [7, 11) is 1.63. The average Bonchev–Trinajstić information content (AvgIpc) is 3.25. The van der Waals surface area contributed by atoms with Crippen LogP contribution in [0, 0.1) is 5.82 Å². The molecular weight excluding hydrogens is 427 g/mol. The van der Waals surface area contributed by atoms with Crippen molar-refractivity contribution >= 4 is 22.8 Å². The lowest BCUT2D eigenvalue weighted by Gasteiger charge is -2.07. The number of ether oxygens (including phenoxy) is 2. The number of hydrogen-bond acceptors (Lipinski definition) is 3. The molecule has 0 aliphatic rings. The van der Waals surface area contributed by atoms with Gasteiger partial charge in [0.25, 0.3) is 0 Å². The molecule has 0 aliphatic carbocycles. The van der Waals surface area contributed by atoms with Gasteiger partial charge in [-0.15, -0.1) is 0 Å². The Bertz CT molecular complexity index is 1460. The number of nitrogens with zero attached hydrogens (tertiary/aromatic N) is 2. The van der Waals surface area contributed by atoms with Gasteiger partial charge >= 0.3 is 0 Å². The Hall–Kier alpha value is -4.38. The van der Waals surface area contributed by atoms with E-state index in [0.717, 1.165) is 39.2 Å². The lowest BCUT2D eigenvalue weighted by Crippen LogP contribution is -1.98. The topological polar surface area (TPSA) is 35.8 Å². The molecule has 5 heteroatoms. The quantitative estimate of drug-likeness (QED) is 0.243. The molecule has 0 saturated carbocycles. The third-order valence-electron chi connectivity index (χ3n) is 5.51. The second-order valence-corrected chi connectivity index (χ2v) is 7.92. The van der Waals surface area contributed by atoms with Crippen LogP contribution in [0.2, 0.25) is 0 Å². The van der Waals surface area contributed by atoms with E-state index in [1.807, 2.05) is 73.1 Å². The molecule has 0 fully saturated rings. The molecule has 0 bridgehead atoms. The maximum atomic E-state index is 13.5. The molecule has 0 aliphatic heterocycles. The maximum Gasteiger partial charge on any atom is 0.131 e. The van der Waals surface area contributed by atoms with Crippen molar-refractivity contribution in [2.45, 2.75) is 6.54 Å². The molecular formula is C29H23FN2O2. The molecule has 5 aromatic rings. The summed E-state index contributed by atoms with van der Waals surface area (Å²) in [6.45, 7) is 0.624. The van der Waals surface area contributed by atoms with Crippen molar-refractivity contribution in [1.82, 2.24) is 4.57 Å². The van der Waals surface area contributed by atoms with E-state index in [4.69, 9.17) is 9.47 Å². The predicted molar refractivity (Wildman–Crippen MR) is 134 cm³/mol. The van der Waals surface area contributed by atoms with E-state index in [1.54, 1.807) is 19.2 Å². The SMILES string of the molecule is COc1cccc(Oc2ccc(N=Cc3ccc4c(ccn4Cc4cccc(F)c4)c3)cc2)c1. The molecule has 0 atom stereocenters. The summed E-state index contributed by atoms with van der Waals surface area (Å²) in [5.74, 6) is 1.98. The van der Waals surface area contributed by atoms with Crippen molar-refractivity contribution in [2.75, 3.05) is 7.11 Å². The highest BCUT2D eigenvalue weighted by molar-refractivity contribution is 5.90. The smallest absolute Gasteiger partial charge is 0.131 e. The van der Waals surface area contributed by atoms with Crippen LogP contribution in [0.3, 0.4) is 0 Å². The van der Waals surface area contributed by atoms with Crippen molar-refractivity contribution in [2.24, 2.45) is 4.99 Å². The first-order valence-corrected chi connectivity index (χ1v) is 11.0. The molecule has 0 amide bonds. The number of rotatable bonds is 7. The fourth-order valence-electron chi connectivity index (χ4n) is 3.82. The van der Waals surface area contributed by atoms with Gasteiger partial charge in [0.05, 0.1) is 12.8 Å². The number of benzene rings is 4. The summed E-state index contributed by atoms with van der Waals surface area (Å²) < 4.78 is 26.7. The fourth-order valence-corrected chi connectivity index (χ4v) is 3.82. The largest absolute Gasteiger partial charge is 0.497 e. The Kier molecular flexibility index (Phi) is 6.08. The number of aromatic nitrogens is 1. The summed E-state index contributed by atoms with van der Waals surface area (Å²) in [4.78, 5) is 4.59. The normalized spacial score (nSPS) is 11.2. The van der Waals surface area contributed by atoms with Crippen LogP contribution in [-0.2, 0) is 6.54 Å². The lowest BCUT2D eigenvalue weighted by atomic mass is 10.1. The van der Waals surface area contributed by atoms with Crippen LogP contribution in [0.25, 0.3) is 10.9 Å². The van der Waals surface area contributed by atoms with Gasteiger partial charge in [-0.25, -0.2) is 4.39 Å². The summed E-state index contributed by atoms with van der Waals surface area (Å²) >= 11 is 0. The van der Waals surface area contributed by atoms with Crippen molar-refractivity contribution in [3.63, 3.8) is 0 Å². The molecule has 168 valence electrons. The van der Waals surface area contributed by atoms with E-state index in [1.165, 1.54) is 6.07 Å². The van der Waals surface area contributed by atoms with Gasteiger partial charge in [0.1, 0.15) is 23.1 Å². The Morgan fingerprint density at radius 3 is 2.47 bits per heavy atom. The third kappa shape index (κ3) is 4.99. The molecule has 5 rings (SSSR count). The predicted octanol–water partition coefficient (Wildman–Crippen LogP) is 7.38. The van der Waals surface area contributed by atoms with E-state index < -0.39 is 0 Å². The number of halogens is 1. The van der Waals surface area contributed by atoms with Crippen LogP contribution in [0.4, 0.5) is 10.1 Å². The molecule has 0 spiro atoms. The Labute approximate surface area is 197 Å². The van der Waals surface area contributed by atoms with E-state index in [2.05, 4.69) is 27.8 Å². The fraction of sp³-hybridized carbons (Fsp3) is 0.0690. The standard InChI is InChI=1S/C29H23FN2O2/c1-33-27-6-3-7-28(18-27)34-26-11-9-25(10-12-26)31-19-21-8-13-29-23(16-21)14-15-32(29)20-22-4-2-5-24(30)17-22/h2-19H,20H2,1H3. The van der Waals surface area contributed by atoms with Crippen molar-refractivity contribution in [1.29, 1.82) is 0 Å². The van der Waals surface area contributed by atoms with Gasteiger partial charge < -0.3 is 14.0 Å². The number of fused-ring (bicyclic) bond motifs is 1. The highest BCUT2D eigenvalue weighted by atomic mass is 19.1. The average molecular weight is 451 g/mol. The van der Waals surface area contributed by atoms with Gasteiger partial charge in [0.15, 0.2) is 0 Å². The zero-order valence-electron chi connectivity index (χ0n) is 18.7. The van der Waals surface area contributed by atoms with Crippen molar-refractivity contribution < 1.29 is 13.9 Å². The molecule has 4 aromatic carbocycles. The summed E-state index contributed by atoms with van der Waals surface area (Å²) in [6, 6.07) is 30.1. The van der Waals surface area contributed by atoms with Crippen molar-refractivity contribution in [3.05, 3.63) is 120 Å². The van der Waals surface area contributed by atoms with E-state index in [9.17, 15) is 4.39 Å². The van der Waals surface area contributed by atoms with Crippen LogP contribution in [0.15, 0.2) is 108 Å². The molecule has 1 aromatic heterocycles.